The average molecular weight is 256 g/mol. The molecule has 1 N–H and O–H groups in total. The van der Waals surface area contributed by atoms with Crippen LogP contribution in [0.3, 0.4) is 0 Å². The molecular weight excluding hydrogens is 240 g/mol. The van der Waals surface area contributed by atoms with Crippen LogP contribution < -0.4 is 0 Å². The van der Waals surface area contributed by atoms with Crippen LogP contribution in [0.1, 0.15) is 25.0 Å². The molecule has 1 aliphatic heterocycles. The van der Waals surface area contributed by atoms with Crippen molar-refractivity contribution >= 4 is 23.5 Å². The molecule has 0 aliphatic carbocycles. The molecule has 1 fully saturated rings. The minimum atomic E-state index is -0.441. The highest BCUT2D eigenvalue weighted by molar-refractivity contribution is 8.07. The molecule has 1 saturated heterocycles. The second-order valence-corrected chi connectivity index (χ2v) is 6.40. The average Bonchev–Trinajstić information content (AvgIpc) is 2.39. The quantitative estimate of drug-likeness (QED) is 0.897. The lowest BCUT2D eigenvalue weighted by molar-refractivity contribution is 0.171. The van der Waals surface area contributed by atoms with Gasteiger partial charge in [-0.15, -0.1) is 0 Å². The summed E-state index contributed by atoms with van der Waals surface area (Å²) in [7, 11) is 0. The SMILES string of the molecule is CCC1SCCSC1C(O)c1cncnc1. The van der Waals surface area contributed by atoms with Gasteiger partial charge >= 0.3 is 0 Å². The Morgan fingerprint density at radius 3 is 2.75 bits per heavy atom. The van der Waals surface area contributed by atoms with E-state index in [4.69, 9.17) is 0 Å². The monoisotopic (exact) mass is 256 g/mol. The van der Waals surface area contributed by atoms with Crippen LogP contribution in [-0.2, 0) is 0 Å². The third kappa shape index (κ3) is 2.70. The van der Waals surface area contributed by atoms with E-state index in [0.29, 0.717) is 5.25 Å². The number of aliphatic hydroxyl groups is 1. The molecule has 0 radical (unpaired) electrons. The Morgan fingerprint density at radius 1 is 1.38 bits per heavy atom. The molecule has 88 valence electrons. The Morgan fingerprint density at radius 2 is 2.06 bits per heavy atom. The number of rotatable bonds is 3. The Labute approximate surface area is 104 Å². The zero-order chi connectivity index (χ0) is 11.4. The van der Waals surface area contributed by atoms with Crippen molar-refractivity contribution in [3.8, 4) is 0 Å². The van der Waals surface area contributed by atoms with E-state index >= 15 is 0 Å². The standard InChI is InChI=1S/C11H16N2OS2/c1-2-9-11(16-4-3-15-9)10(14)8-5-12-7-13-6-8/h5-7,9-11,14H,2-4H2,1H3. The molecule has 1 aliphatic rings. The summed E-state index contributed by atoms with van der Waals surface area (Å²) in [5.74, 6) is 2.31. The number of aromatic nitrogens is 2. The molecular formula is C11H16N2OS2. The van der Waals surface area contributed by atoms with Crippen LogP contribution in [0.5, 0.6) is 0 Å². The summed E-state index contributed by atoms with van der Waals surface area (Å²) >= 11 is 3.85. The summed E-state index contributed by atoms with van der Waals surface area (Å²) in [5, 5.41) is 11.1. The van der Waals surface area contributed by atoms with Crippen molar-refractivity contribution in [2.24, 2.45) is 0 Å². The van der Waals surface area contributed by atoms with E-state index in [1.54, 1.807) is 12.4 Å². The maximum absolute atomic E-state index is 10.3. The highest BCUT2D eigenvalue weighted by Gasteiger charge is 2.31. The van der Waals surface area contributed by atoms with Gasteiger partial charge in [-0.25, -0.2) is 9.97 Å². The zero-order valence-electron chi connectivity index (χ0n) is 9.24. The minimum absolute atomic E-state index is 0.273. The first kappa shape index (κ1) is 12.2. The van der Waals surface area contributed by atoms with Gasteiger partial charge in [0.05, 0.1) is 6.10 Å². The molecule has 3 nitrogen and oxygen atoms in total. The lowest BCUT2D eigenvalue weighted by Crippen LogP contribution is -2.31. The van der Waals surface area contributed by atoms with Gasteiger partial charge in [0.25, 0.3) is 0 Å². The van der Waals surface area contributed by atoms with Crippen LogP contribution in [0.4, 0.5) is 0 Å². The smallest absolute Gasteiger partial charge is 0.115 e. The van der Waals surface area contributed by atoms with Gasteiger partial charge in [-0.1, -0.05) is 6.92 Å². The van der Waals surface area contributed by atoms with Crippen molar-refractivity contribution in [1.29, 1.82) is 0 Å². The molecule has 2 heterocycles. The van der Waals surface area contributed by atoms with Crippen LogP contribution in [0.25, 0.3) is 0 Å². The Bertz CT molecular complexity index is 323. The molecule has 0 aromatic carbocycles. The van der Waals surface area contributed by atoms with Gasteiger partial charge in [0.15, 0.2) is 0 Å². The van der Waals surface area contributed by atoms with E-state index in [1.165, 1.54) is 12.1 Å². The van der Waals surface area contributed by atoms with E-state index in [-0.39, 0.29) is 5.25 Å². The normalized spacial score (nSPS) is 27.6. The van der Waals surface area contributed by atoms with Gasteiger partial charge in [-0.05, 0) is 6.42 Å². The minimum Gasteiger partial charge on any atom is -0.387 e. The van der Waals surface area contributed by atoms with Crippen molar-refractivity contribution < 1.29 is 5.11 Å². The molecule has 0 bridgehead atoms. The predicted octanol–water partition coefficient (Wildman–Crippen LogP) is 2.14. The van der Waals surface area contributed by atoms with Crippen molar-refractivity contribution in [3.63, 3.8) is 0 Å². The summed E-state index contributed by atoms with van der Waals surface area (Å²) in [6.07, 6.45) is 5.58. The molecule has 0 spiro atoms. The molecule has 1 aromatic heterocycles. The fourth-order valence-corrected chi connectivity index (χ4v) is 5.02. The zero-order valence-corrected chi connectivity index (χ0v) is 10.9. The van der Waals surface area contributed by atoms with Crippen LogP contribution >= 0.6 is 23.5 Å². The van der Waals surface area contributed by atoms with E-state index in [0.717, 1.165) is 17.7 Å². The van der Waals surface area contributed by atoms with Crippen molar-refractivity contribution in [3.05, 3.63) is 24.3 Å². The van der Waals surface area contributed by atoms with E-state index in [9.17, 15) is 5.11 Å². The summed E-state index contributed by atoms with van der Waals surface area (Å²) < 4.78 is 0. The van der Waals surface area contributed by atoms with Crippen molar-refractivity contribution in [2.45, 2.75) is 29.9 Å². The largest absolute Gasteiger partial charge is 0.387 e. The first-order chi connectivity index (χ1) is 7.83. The molecule has 2 rings (SSSR count). The lowest BCUT2D eigenvalue weighted by Gasteiger charge is -2.33. The fourth-order valence-electron chi connectivity index (χ4n) is 1.88. The first-order valence-electron chi connectivity index (χ1n) is 5.49. The van der Waals surface area contributed by atoms with Gasteiger partial charge in [-0.2, -0.15) is 23.5 Å². The summed E-state index contributed by atoms with van der Waals surface area (Å²) in [5.41, 5.74) is 0.834. The second-order valence-electron chi connectivity index (χ2n) is 3.77. The lowest BCUT2D eigenvalue weighted by atomic mass is 10.1. The highest BCUT2D eigenvalue weighted by atomic mass is 32.2. The van der Waals surface area contributed by atoms with Crippen LogP contribution in [-0.4, -0.2) is 37.1 Å². The first-order valence-corrected chi connectivity index (χ1v) is 7.59. The molecule has 16 heavy (non-hydrogen) atoms. The summed E-state index contributed by atoms with van der Waals surface area (Å²) in [6.45, 7) is 2.19. The van der Waals surface area contributed by atoms with Gasteiger partial charge < -0.3 is 5.11 Å². The predicted molar refractivity (Wildman–Crippen MR) is 69.8 cm³/mol. The maximum Gasteiger partial charge on any atom is 0.115 e. The van der Waals surface area contributed by atoms with Gasteiger partial charge in [0, 0.05) is 40.0 Å². The van der Waals surface area contributed by atoms with E-state index in [2.05, 4.69) is 16.9 Å². The van der Waals surface area contributed by atoms with Crippen molar-refractivity contribution in [1.82, 2.24) is 9.97 Å². The number of aliphatic hydroxyl groups excluding tert-OH is 1. The summed E-state index contributed by atoms with van der Waals surface area (Å²) in [4.78, 5) is 7.93. The summed E-state index contributed by atoms with van der Waals surface area (Å²) in [6, 6.07) is 0. The number of nitrogens with zero attached hydrogens (tertiary/aromatic N) is 2. The molecule has 0 saturated carbocycles. The van der Waals surface area contributed by atoms with Crippen molar-refractivity contribution in [2.75, 3.05) is 11.5 Å². The molecule has 5 heteroatoms. The maximum atomic E-state index is 10.3. The molecule has 0 amide bonds. The Kier molecular flexibility index (Phi) is 4.49. The van der Waals surface area contributed by atoms with Crippen LogP contribution in [0.15, 0.2) is 18.7 Å². The van der Waals surface area contributed by atoms with Gasteiger partial charge in [-0.3, -0.25) is 0 Å². The third-order valence-corrected chi connectivity index (χ3v) is 6.06. The van der Waals surface area contributed by atoms with E-state index < -0.39 is 6.10 Å². The topological polar surface area (TPSA) is 46.0 Å². The Balaban J connectivity index is 2.10. The number of hydrogen-bond acceptors (Lipinski definition) is 5. The highest BCUT2D eigenvalue weighted by Crippen LogP contribution is 2.39. The Hall–Kier alpha value is -0.260. The van der Waals surface area contributed by atoms with Gasteiger partial charge in [0.1, 0.15) is 6.33 Å². The van der Waals surface area contributed by atoms with Crippen LogP contribution in [0, 0.1) is 0 Å². The fraction of sp³-hybridized carbons (Fsp3) is 0.636. The molecule has 3 unspecified atom stereocenters. The number of hydrogen-bond donors (Lipinski definition) is 1. The number of thioether (sulfide) groups is 2. The molecule has 3 atom stereocenters. The second kappa shape index (κ2) is 5.89. The van der Waals surface area contributed by atoms with Gasteiger partial charge in [0.2, 0.25) is 0 Å². The third-order valence-electron chi connectivity index (χ3n) is 2.73. The van der Waals surface area contributed by atoms with Crippen LogP contribution in [0.2, 0.25) is 0 Å². The molecule has 1 aromatic rings. The van der Waals surface area contributed by atoms with E-state index in [1.807, 2.05) is 23.5 Å².